The predicted molar refractivity (Wildman–Crippen MR) is 125 cm³/mol. The lowest BCUT2D eigenvalue weighted by molar-refractivity contribution is 0.102. The Morgan fingerprint density at radius 3 is 2.16 bits per heavy atom. The number of anilines is 2. The number of hydrogen-bond donors (Lipinski definition) is 2. The summed E-state index contributed by atoms with van der Waals surface area (Å²) in [5.74, 6) is -0.123. The van der Waals surface area contributed by atoms with Gasteiger partial charge in [-0.2, -0.15) is 0 Å². The molecule has 3 aromatic rings. The first-order chi connectivity index (χ1) is 14.8. The molecule has 0 unspecified atom stereocenters. The molecular weight excluding hydrogens is 388 g/mol. The van der Waals surface area contributed by atoms with Crippen LogP contribution >= 0.6 is 0 Å². The van der Waals surface area contributed by atoms with Crippen molar-refractivity contribution in [2.24, 2.45) is 0 Å². The standard InChI is InChI=1S/C26H28N2O3/c1-5-31-23-16-9-7-14-21(23)25(30)28-22-15-8-6-13-20(22)24(29)27-19-12-10-11-18(17-19)26(2,3)4/h6-17H,5H2,1-4H3,(H,27,29)(H,28,30). The normalized spacial score (nSPS) is 11.0. The molecule has 160 valence electrons. The molecule has 0 aliphatic carbocycles. The van der Waals surface area contributed by atoms with E-state index in [1.54, 1.807) is 42.5 Å². The molecule has 0 aliphatic heterocycles. The molecule has 0 bridgehead atoms. The summed E-state index contributed by atoms with van der Waals surface area (Å²) < 4.78 is 5.55. The van der Waals surface area contributed by atoms with Gasteiger partial charge in [0, 0.05) is 5.69 Å². The molecule has 0 heterocycles. The van der Waals surface area contributed by atoms with Crippen molar-refractivity contribution in [2.45, 2.75) is 33.1 Å². The highest BCUT2D eigenvalue weighted by Crippen LogP contribution is 2.26. The topological polar surface area (TPSA) is 67.4 Å². The molecule has 0 saturated carbocycles. The van der Waals surface area contributed by atoms with Gasteiger partial charge < -0.3 is 15.4 Å². The maximum absolute atomic E-state index is 13.0. The molecule has 3 rings (SSSR count). The third-order valence-corrected chi connectivity index (χ3v) is 4.84. The van der Waals surface area contributed by atoms with E-state index in [1.807, 2.05) is 37.3 Å². The first-order valence-electron chi connectivity index (χ1n) is 10.3. The van der Waals surface area contributed by atoms with E-state index in [9.17, 15) is 9.59 Å². The first kappa shape index (κ1) is 22.1. The molecule has 31 heavy (non-hydrogen) atoms. The van der Waals surface area contributed by atoms with E-state index in [0.29, 0.717) is 34.9 Å². The minimum Gasteiger partial charge on any atom is -0.493 e. The lowest BCUT2D eigenvalue weighted by Gasteiger charge is -2.20. The molecule has 0 fully saturated rings. The molecular formula is C26H28N2O3. The quantitative estimate of drug-likeness (QED) is 0.527. The van der Waals surface area contributed by atoms with Gasteiger partial charge in [-0.3, -0.25) is 9.59 Å². The number of ether oxygens (including phenoxy) is 1. The molecule has 0 aromatic heterocycles. The number of para-hydroxylation sites is 2. The zero-order valence-corrected chi connectivity index (χ0v) is 18.4. The zero-order valence-electron chi connectivity index (χ0n) is 18.4. The van der Waals surface area contributed by atoms with Gasteiger partial charge in [0.05, 0.1) is 23.4 Å². The highest BCUT2D eigenvalue weighted by atomic mass is 16.5. The van der Waals surface area contributed by atoms with Crippen LogP contribution in [0.15, 0.2) is 72.8 Å². The Bertz CT molecular complexity index is 1080. The second-order valence-corrected chi connectivity index (χ2v) is 8.21. The summed E-state index contributed by atoms with van der Waals surface area (Å²) in [5, 5.41) is 5.79. The fraction of sp³-hybridized carbons (Fsp3) is 0.231. The first-order valence-corrected chi connectivity index (χ1v) is 10.3. The Morgan fingerprint density at radius 2 is 1.45 bits per heavy atom. The minimum absolute atomic E-state index is 0.0272. The molecule has 5 nitrogen and oxygen atoms in total. The van der Waals surface area contributed by atoms with E-state index in [-0.39, 0.29) is 17.2 Å². The summed E-state index contributed by atoms with van der Waals surface area (Å²) >= 11 is 0. The predicted octanol–water partition coefficient (Wildman–Crippen LogP) is 5.89. The van der Waals surface area contributed by atoms with Crippen molar-refractivity contribution in [1.82, 2.24) is 0 Å². The van der Waals surface area contributed by atoms with Crippen LogP contribution in [-0.2, 0) is 5.41 Å². The molecule has 5 heteroatoms. The van der Waals surface area contributed by atoms with Gasteiger partial charge in [0.1, 0.15) is 5.75 Å². The van der Waals surface area contributed by atoms with Crippen LogP contribution in [0.1, 0.15) is 54.0 Å². The van der Waals surface area contributed by atoms with Crippen LogP contribution in [0.5, 0.6) is 5.75 Å². The van der Waals surface area contributed by atoms with E-state index in [4.69, 9.17) is 4.74 Å². The highest BCUT2D eigenvalue weighted by molar-refractivity contribution is 6.13. The van der Waals surface area contributed by atoms with E-state index < -0.39 is 0 Å². The molecule has 0 atom stereocenters. The van der Waals surface area contributed by atoms with Crippen molar-refractivity contribution in [3.05, 3.63) is 89.5 Å². The molecule has 2 amide bonds. The molecule has 0 spiro atoms. The van der Waals surface area contributed by atoms with E-state index in [2.05, 4.69) is 31.4 Å². The zero-order chi connectivity index (χ0) is 22.4. The number of rotatable bonds is 6. The van der Waals surface area contributed by atoms with Crippen LogP contribution < -0.4 is 15.4 Å². The van der Waals surface area contributed by atoms with Crippen LogP contribution in [0.3, 0.4) is 0 Å². The van der Waals surface area contributed by atoms with Crippen LogP contribution in [0.4, 0.5) is 11.4 Å². The van der Waals surface area contributed by atoms with Crippen LogP contribution in [0, 0.1) is 0 Å². The molecule has 0 aliphatic rings. The average Bonchev–Trinajstić information content (AvgIpc) is 2.74. The number of nitrogens with one attached hydrogen (secondary N) is 2. The van der Waals surface area contributed by atoms with Gasteiger partial charge in [0.25, 0.3) is 11.8 Å². The lowest BCUT2D eigenvalue weighted by Crippen LogP contribution is -2.19. The summed E-state index contributed by atoms with van der Waals surface area (Å²) in [6, 6.07) is 21.8. The monoisotopic (exact) mass is 416 g/mol. The van der Waals surface area contributed by atoms with Gasteiger partial charge >= 0.3 is 0 Å². The van der Waals surface area contributed by atoms with Crippen molar-refractivity contribution in [1.29, 1.82) is 0 Å². The second-order valence-electron chi connectivity index (χ2n) is 8.21. The Morgan fingerprint density at radius 1 is 0.806 bits per heavy atom. The molecule has 3 aromatic carbocycles. The van der Waals surface area contributed by atoms with Crippen molar-refractivity contribution in [2.75, 3.05) is 17.2 Å². The van der Waals surface area contributed by atoms with Crippen LogP contribution in [-0.4, -0.2) is 18.4 Å². The lowest BCUT2D eigenvalue weighted by atomic mass is 9.87. The maximum atomic E-state index is 13.0. The smallest absolute Gasteiger partial charge is 0.259 e. The van der Waals surface area contributed by atoms with Gasteiger partial charge in [-0.1, -0.05) is 57.2 Å². The van der Waals surface area contributed by atoms with E-state index >= 15 is 0 Å². The highest BCUT2D eigenvalue weighted by Gasteiger charge is 2.18. The van der Waals surface area contributed by atoms with Crippen molar-refractivity contribution >= 4 is 23.2 Å². The Labute approximate surface area is 183 Å². The molecule has 2 N–H and O–H groups in total. The Balaban J connectivity index is 1.82. The van der Waals surface area contributed by atoms with Crippen LogP contribution in [0.25, 0.3) is 0 Å². The Hall–Kier alpha value is -3.60. The molecule has 0 radical (unpaired) electrons. The number of carbonyl (C=O) groups excluding carboxylic acids is 2. The van der Waals surface area contributed by atoms with Crippen molar-refractivity contribution < 1.29 is 14.3 Å². The SMILES string of the molecule is CCOc1ccccc1C(=O)Nc1ccccc1C(=O)Nc1cccc(C(C)(C)C)c1. The van der Waals surface area contributed by atoms with Gasteiger partial charge in [0.15, 0.2) is 0 Å². The summed E-state index contributed by atoms with van der Waals surface area (Å²) in [5.41, 5.74) is 3.03. The largest absolute Gasteiger partial charge is 0.493 e. The summed E-state index contributed by atoms with van der Waals surface area (Å²) in [4.78, 5) is 25.9. The van der Waals surface area contributed by atoms with E-state index in [1.165, 1.54) is 0 Å². The van der Waals surface area contributed by atoms with Gasteiger partial charge in [-0.05, 0) is 54.3 Å². The van der Waals surface area contributed by atoms with Gasteiger partial charge in [0.2, 0.25) is 0 Å². The van der Waals surface area contributed by atoms with E-state index in [0.717, 1.165) is 5.56 Å². The third kappa shape index (κ3) is 5.51. The van der Waals surface area contributed by atoms with Crippen molar-refractivity contribution in [3.8, 4) is 5.75 Å². The van der Waals surface area contributed by atoms with Gasteiger partial charge in [-0.25, -0.2) is 0 Å². The van der Waals surface area contributed by atoms with Gasteiger partial charge in [-0.15, -0.1) is 0 Å². The summed E-state index contributed by atoms with van der Waals surface area (Å²) in [7, 11) is 0. The fourth-order valence-electron chi connectivity index (χ4n) is 3.18. The third-order valence-electron chi connectivity index (χ3n) is 4.84. The van der Waals surface area contributed by atoms with Crippen LogP contribution in [0.2, 0.25) is 0 Å². The summed E-state index contributed by atoms with van der Waals surface area (Å²) in [6.45, 7) is 8.69. The van der Waals surface area contributed by atoms with Crippen molar-refractivity contribution in [3.63, 3.8) is 0 Å². The molecule has 0 saturated heterocycles. The number of benzene rings is 3. The second kappa shape index (κ2) is 9.47. The maximum Gasteiger partial charge on any atom is 0.259 e. The minimum atomic E-state index is -0.334. The number of amides is 2. The number of hydrogen-bond acceptors (Lipinski definition) is 3. The Kier molecular flexibility index (Phi) is 6.75. The fourth-order valence-corrected chi connectivity index (χ4v) is 3.18. The summed E-state index contributed by atoms with van der Waals surface area (Å²) in [6.07, 6.45) is 0. The number of carbonyl (C=O) groups is 2. The average molecular weight is 417 g/mol.